The minimum absolute atomic E-state index is 0.0874. The topological polar surface area (TPSA) is 121 Å². The molecule has 0 bridgehead atoms. The maximum Gasteiger partial charge on any atom is 0.334 e. The van der Waals surface area contributed by atoms with Crippen molar-refractivity contribution in [3.63, 3.8) is 0 Å². The molecule has 3 heterocycles. The number of thiophene rings is 1. The van der Waals surface area contributed by atoms with Crippen LogP contribution < -0.4 is 15.0 Å². The molecule has 158 valence electrons. The fourth-order valence-electron chi connectivity index (χ4n) is 2.76. The third-order valence-corrected chi connectivity index (χ3v) is 7.21. The number of carbonyl (C=O) groups excluding carboxylic acids is 2. The monoisotopic (exact) mass is 475 g/mol. The van der Waals surface area contributed by atoms with Crippen molar-refractivity contribution in [3.05, 3.63) is 70.7 Å². The van der Waals surface area contributed by atoms with E-state index in [4.69, 9.17) is 11.6 Å². The molecule has 2 N–H and O–H groups in total. The van der Waals surface area contributed by atoms with E-state index in [-0.39, 0.29) is 26.7 Å². The van der Waals surface area contributed by atoms with Gasteiger partial charge in [0.2, 0.25) is 0 Å². The van der Waals surface area contributed by atoms with E-state index >= 15 is 0 Å². The van der Waals surface area contributed by atoms with Crippen LogP contribution in [0.15, 0.2) is 70.1 Å². The van der Waals surface area contributed by atoms with E-state index in [9.17, 15) is 18.0 Å². The Morgan fingerprint density at radius 3 is 2.52 bits per heavy atom. The Labute approximate surface area is 186 Å². The van der Waals surface area contributed by atoms with Gasteiger partial charge in [0.15, 0.2) is 0 Å². The van der Waals surface area contributed by atoms with Gasteiger partial charge in [-0.05, 0) is 29.8 Å². The van der Waals surface area contributed by atoms with Crippen molar-refractivity contribution in [2.24, 2.45) is 5.10 Å². The molecule has 1 aliphatic heterocycles. The number of aromatic nitrogens is 1. The molecule has 0 fully saturated rings. The number of amides is 3. The largest absolute Gasteiger partial charge is 0.334 e. The molecular formula is C19H14ClN5O4S2. The Bertz CT molecular complexity index is 1270. The lowest BCUT2D eigenvalue weighted by Crippen LogP contribution is -2.34. The van der Waals surface area contributed by atoms with Gasteiger partial charge in [-0.2, -0.15) is 10.1 Å². The number of hydrogen-bond acceptors (Lipinski definition) is 7. The first-order valence-corrected chi connectivity index (χ1v) is 11.5. The van der Waals surface area contributed by atoms with Gasteiger partial charge in [-0.15, -0.1) is 11.3 Å². The Morgan fingerprint density at radius 1 is 1.10 bits per heavy atom. The number of nitrogens with one attached hydrogen (secondary N) is 2. The van der Waals surface area contributed by atoms with Crippen molar-refractivity contribution in [2.45, 2.75) is 10.6 Å². The number of anilines is 2. The molecule has 1 aliphatic rings. The second-order valence-electron chi connectivity index (χ2n) is 6.31. The Hall–Kier alpha value is -3.28. The highest BCUT2D eigenvalue weighted by atomic mass is 35.5. The number of hydrazone groups is 1. The molecule has 9 nitrogen and oxygen atoms in total. The summed E-state index contributed by atoms with van der Waals surface area (Å²) in [6.07, 6.45) is 1.52. The quantitative estimate of drug-likeness (QED) is 0.585. The number of rotatable bonds is 5. The minimum Gasteiger partial charge on any atom is -0.292 e. The molecule has 0 saturated carbocycles. The van der Waals surface area contributed by atoms with E-state index in [2.05, 4.69) is 15.4 Å². The average Bonchev–Trinajstić information content (AvgIpc) is 3.35. The van der Waals surface area contributed by atoms with Crippen LogP contribution in [0.3, 0.4) is 0 Å². The SMILES string of the molecule is O=C(Nc1ccc(N2N=C(c3ccccc3)CC2=O)cn1)NS(=O)(=O)c1ccc(Cl)s1. The number of carbonyl (C=O) groups is 2. The Kier molecular flexibility index (Phi) is 5.72. The first-order chi connectivity index (χ1) is 14.8. The van der Waals surface area contributed by atoms with E-state index in [1.54, 1.807) is 6.07 Å². The predicted octanol–water partition coefficient (Wildman–Crippen LogP) is 3.45. The summed E-state index contributed by atoms with van der Waals surface area (Å²) < 4.78 is 26.4. The zero-order valence-electron chi connectivity index (χ0n) is 15.6. The van der Waals surface area contributed by atoms with Crippen molar-refractivity contribution in [1.29, 1.82) is 0 Å². The first kappa shape index (κ1) is 21.0. The summed E-state index contributed by atoms with van der Waals surface area (Å²) in [6, 6.07) is 14.1. The maximum absolute atomic E-state index is 12.3. The van der Waals surface area contributed by atoms with Gasteiger partial charge in [-0.3, -0.25) is 10.1 Å². The summed E-state index contributed by atoms with van der Waals surface area (Å²) in [5.41, 5.74) is 1.92. The molecule has 1 aromatic carbocycles. The van der Waals surface area contributed by atoms with E-state index in [1.165, 1.54) is 29.4 Å². The standard InChI is InChI=1S/C19H14ClN5O4S2/c20-15-7-9-18(30-15)31(28,29)24-19(27)22-16-8-6-13(11-21-16)25-17(26)10-14(23-25)12-4-2-1-3-5-12/h1-9,11H,10H2,(H2,21,22,24,27). The van der Waals surface area contributed by atoms with Gasteiger partial charge < -0.3 is 0 Å². The highest BCUT2D eigenvalue weighted by Crippen LogP contribution is 2.26. The van der Waals surface area contributed by atoms with E-state index in [1.807, 2.05) is 35.1 Å². The van der Waals surface area contributed by atoms with Gasteiger partial charge >= 0.3 is 6.03 Å². The molecule has 4 rings (SSSR count). The lowest BCUT2D eigenvalue weighted by Gasteiger charge is -2.12. The third kappa shape index (κ3) is 4.74. The lowest BCUT2D eigenvalue weighted by atomic mass is 10.1. The van der Waals surface area contributed by atoms with Crippen LogP contribution >= 0.6 is 22.9 Å². The molecule has 0 aliphatic carbocycles. The van der Waals surface area contributed by atoms with Crippen LogP contribution in [0.25, 0.3) is 0 Å². The number of sulfonamides is 1. The van der Waals surface area contributed by atoms with E-state index in [0.717, 1.165) is 16.9 Å². The molecular weight excluding hydrogens is 462 g/mol. The van der Waals surface area contributed by atoms with Crippen molar-refractivity contribution in [2.75, 3.05) is 10.3 Å². The normalized spacial score (nSPS) is 13.8. The summed E-state index contributed by atoms with van der Waals surface area (Å²) in [5, 5.41) is 7.93. The van der Waals surface area contributed by atoms with Crippen LogP contribution in [0.4, 0.5) is 16.3 Å². The van der Waals surface area contributed by atoms with E-state index in [0.29, 0.717) is 11.4 Å². The average molecular weight is 476 g/mol. The van der Waals surface area contributed by atoms with Gasteiger partial charge in [0.05, 0.1) is 28.4 Å². The zero-order chi connectivity index (χ0) is 22.0. The van der Waals surface area contributed by atoms with Crippen LogP contribution in [0.1, 0.15) is 12.0 Å². The molecule has 0 atom stereocenters. The molecule has 0 unspecified atom stereocenters. The molecule has 0 radical (unpaired) electrons. The predicted molar refractivity (Wildman–Crippen MR) is 118 cm³/mol. The third-order valence-electron chi connectivity index (χ3n) is 4.16. The van der Waals surface area contributed by atoms with Gasteiger partial charge in [0.25, 0.3) is 15.9 Å². The van der Waals surface area contributed by atoms with Crippen LogP contribution in [0.2, 0.25) is 4.34 Å². The molecule has 2 aromatic heterocycles. The maximum atomic E-state index is 12.3. The summed E-state index contributed by atoms with van der Waals surface area (Å²) in [4.78, 5) is 28.4. The number of hydrogen-bond donors (Lipinski definition) is 2. The molecule has 3 amide bonds. The number of benzene rings is 1. The van der Waals surface area contributed by atoms with Crippen molar-refractivity contribution >= 4 is 62.1 Å². The first-order valence-electron chi connectivity index (χ1n) is 8.83. The van der Waals surface area contributed by atoms with Crippen molar-refractivity contribution in [1.82, 2.24) is 9.71 Å². The van der Waals surface area contributed by atoms with Gasteiger partial charge in [-0.25, -0.2) is 22.9 Å². The number of urea groups is 1. The number of pyridine rings is 1. The fraction of sp³-hybridized carbons (Fsp3) is 0.0526. The van der Waals surface area contributed by atoms with Gasteiger partial charge in [0, 0.05) is 0 Å². The second kappa shape index (κ2) is 8.46. The van der Waals surface area contributed by atoms with Crippen LogP contribution in [0, 0.1) is 0 Å². The van der Waals surface area contributed by atoms with Gasteiger partial charge in [-0.1, -0.05) is 41.9 Å². The zero-order valence-corrected chi connectivity index (χ0v) is 18.0. The van der Waals surface area contributed by atoms with Crippen molar-refractivity contribution < 1.29 is 18.0 Å². The summed E-state index contributed by atoms with van der Waals surface area (Å²) >= 11 is 6.56. The molecule has 31 heavy (non-hydrogen) atoms. The highest BCUT2D eigenvalue weighted by Gasteiger charge is 2.26. The second-order valence-corrected chi connectivity index (χ2v) is 9.94. The van der Waals surface area contributed by atoms with Crippen LogP contribution in [-0.4, -0.2) is 31.1 Å². The fourth-order valence-corrected chi connectivity index (χ4v) is 5.15. The lowest BCUT2D eigenvalue weighted by molar-refractivity contribution is -0.116. The van der Waals surface area contributed by atoms with Crippen molar-refractivity contribution in [3.8, 4) is 0 Å². The molecule has 0 spiro atoms. The number of halogens is 1. The van der Waals surface area contributed by atoms with Crippen LogP contribution in [-0.2, 0) is 14.8 Å². The molecule has 3 aromatic rings. The van der Waals surface area contributed by atoms with Crippen LogP contribution in [0.5, 0.6) is 0 Å². The Morgan fingerprint density at radius 2 is 1.87 bits per heavy atom. The number of nitrogens with zero attached hydrogens (tertiary/aromatic N) is 3. The smallest absolute Gasteiger partial charge is 0.292 e. The Balaban J connectivity index is 1.43. The highest BCUT2D eigenvalue weighted by molar-refractivity contribution is 7.92. The van der Waals surface area contributed by atoms with E-state index < -0.39 is 16.1 Å². The molecule has 0 saturated heterocycles. The summed E-state index contributed by atoms with van der Waals surface area (Å²) in [5.74, 6) is -0.112. The minimum atomic E-state index is -4.05. The molecule has 12 heteroatoms. The van der Waals surface area contributed by atoms with Gasteiger partial charge in [0.1, 0.15) is 10.0 Å². The summed E-state index contributed by atoms with van der Waals surface area (Å²) in [6.45, 7) is 0. The summed E-state index contributed by atoms with van der Waals surface area (Å²) in [7, 11) is -4.05.